The second-order valence-electron chi connectivity index (χ2n) is 3.65. The van der Waals surface area contributed by atoms with Gasteiger partial charge in [0, 0.05) is 17.7 Å². The lowest BCUT2D eigenvalue weighted by atomic mass is 10.1. The normalized spacial score (nSPS) is 12.8. The molecule has 0 radical (unpaired) electrons. The van der Waals surface area contributed by atoms with Crippen molar-refractivity contribution in [3.63, 3.8) is 0 Å². The Hall–Kier alpha value is -1.49. The lowest BCUT2D eigenvalue weighted by molar-refractivity contribution is -0.138. The van der Waals surface area contributed by atoms with E-state index in [1.807, 2.05) is 0 Å². The van der Waals surface area contributed by atoms with Gasteiger partial charge in [-0.05, 0) is 20.0 Å². The number of likely N-dealkylation sites (N-methyl/N-ethyl adjacent to an activating group) is 1. The molecule has 1 unspecified atom stereocenters. The van der Waals surface area contributed by atoms with Gasteiger partial charge < -0.3 is 5.11 Å². The molecule has 88 valence electrons. The van der Waals surface area contributed by atoms with E-state index in [1.165, 1.54) is 11.0 Å². The summed E-state index contributed by atoms with van der Waals surface area (Å²) in [5, 5.41) is 8.60. The molecule has 5 heteroatoms. The minimum atomic E-state index is -0.989. The van der Waals surface area contributed by atoms with E-state index in [4.69, 9.17) is 5.11 Å². The number of benzene rings is 1. The van der Waals surface area contributed by atoms with E-state index in [-0.39, 0.29) is 12.1 Å². The predicted octanol–water partition coefficient (Wildman–Crippen LogP) is 2.04. The Kier molecular flexibility index (Phi) is 3.95. The van der Waals surface area contributed by atoms with Gasteiger partial charge in [-0.25, -0.2) is 8.78 Å². The van der Waals surface area contributed by atoms with Crippen LogP contribution in [0.5, 0.6) is 0 Å². The van der Waals surface area contributed by atoms with Crippen LogP contribution in [0.2, 0.25) is 0 Å². The van der Waals surface area contributed by atoms with Gasteiger partial charge in [0.1, 0.15) is 11.6 Å². The third kappa shape index (κ3) is 3.00. The zero-order valence-corrected chi connectivity index (χ0v) is 9.08. The van der Waals surface area contributed by atoms with E-state index in [0.29, 0.717) is 0 Å². The Morgan fingerprint density at radius 2 is 2.12 bits per heavy atom. The molecular formula is C11H13F2NO2. The molecule has 1 rings (SSSR count). The summed E-state index contributed by atoms with van der Waals surface area (Å²) in [7, 11) is 1.57. The van der Waals surface area contributed by atoms with Crippen LogP contribution in [-0.4, -0.2) is 29.6 Å². The van der Waals surface area contributed by atoms with E-state index >= 15 is 0 Å². The number of rotatable bonds is 4. The van der Waals surface area contributed by atoms with Crippen LogP contribution >= 0.6 is 0 Å². The Bertz CT molecular complexity index is 396. The second kappa shape index (κ2) is 5.03. The second-order valence-corrected chi connectivity index (χ2v) is 3.65. The fourth-order valence-electron chi connectivity index (χ4n) is 1.43. The third-order valence-corrected chi connectivity index (χ3v) is 2.46. The van der Waals surface area contributed by atoms with Gasteiger partial charge in [0.2, 0.25) is 0 Å². The number of carbonyl (C=O) groups is 1. The van der Waals surface area contributed by atoms with Crippen LogP contribution in [0.25, 0.3) is 0 Å². The van der Waals surface area contributed by atoms with E-state index in [0.717, 1.165) is 12.1 Å². The lowest BCUT2D eigenvalue weighted by Crippen LogP contribution is -2.29. The minimum absolute atomic E-state index is 0.196. The number of hydrogen-bond acceptors (Lipinski definition) is 2. The zero-order valence-electron chi connectivity index (χ0n) is 9.08. The summed E-state index contributed by atoms with van der Waals surface area (Å²) in [5.74, 6) is -2.30. The first kappa shape index (κ1) is 12.6. The van der Waals surface area contributed by atoms with Crippen molar-refractivity contribution in [2.45, 2.75) is 13.0 Å². The Morgan fingerprint density at radius 3 is 2.62 bits per heavy atom. The first-order chi connectivity index (χ1) is 7.41. The van der Waals surface area contributed by atoms with Crippen LogP contribution < -0.4 is 0 Å². The molecule has 0 aliphatic carbocycles. The molecule has 16 heavy (non-hydrogen) atoms. The van der Waals surface area contributed by atoms with Gasteiger partial charge >= 0.3 is 5.97 Å². The van der Waals surface area contributed by atoms with Crippen molar-refractivity contribution in [2.24, 2.45) is 0 Å². The molecular weight excluding hydrogens is 216 g/mol. The average Bonchev–Trinajstić information content (AvgIpc) is 2.15. The number of nitrogens with zero attached hydrogens (tertiary/aromatic N) is 1. The Labute approximate surface area is 92.3 Å². The first-order valence-electron chi connectivity index (χ1n) is 4.78. The van der Waals surface area contributed by atoms with E-state index in [9.17, 15) is 13.6 Å². The van der Waals surface area contributed by atoms with Crippen molar-refractivity contribution < 1.29 is 18.7 Å². The van der Waals surface area contributed by atoms with Gasteiger partial charge in [-0.15, -0.1) is 0 Å². The Balaban J connectivity index is 2.87. The van der Waals surface area contributed by atoms with Crippen LogP contribution in [0.15, 0.2) is 18.2 Å². The Morgan fingerprint density at radius 1 is 1.50 bits per heavy atom. The molecule has 1 N–H and O–H groups in total. The highest BCUT2D eigenvalue weighted by Gasteiger charge is 2.17. The average molecular weight is 229 g/mol. The van der Waals surface area contributed by atoms with Crippen LogP contribution in [-0.2, 0) is 4.79 Å². The molecule has 3 nitrogen and oxygen atoms in total. The summed E-state index contributed by atoms with van der Waals surface area (Å²) in [4.78, 5) is 12.0. The van der Waals surface area contributed by atoms with Gasteiger partial charge in [0.05, 0.1) is 6.54 Å². The third-order valence-electron chi connectivity index (χ3n) is 2.46. The number of halogens is 2. The molecule has 0 saturated heterocycles. The van der Waals surface area contributed by atoms with Crippen molar-refractivity contribution >= 4 is 5.97 Å². The fraction of sp³-hybridized carbons (Fsp3) is 0.364. The number of carboxylic acids is 1. The first-order valence-corrected chi connectivity index (χ1v) is 4.78. The maximum absolute atomic E-state index is 13.4. The summed E-state index contributed by atoms with van der Waals surface area (Å²) < 4.78 is 26.1. The van der Waals surface area contributed by atoms with Gasteiger partial charge in [-0.2, -0.15) is 0 Å². The maximum Gasteiger partial charge on any atom is 0.317 e. The van der Waals surface area contributed by atoms with E-state index in [2.05, 4.69) is 0 Å². The molecule has 0 saturated carbocycles. The summed E-state index contributed by atoms with van der Waals surface area (Å²) in [5.41, 5.74) is 0.283. The summed E-state index contributed by atoms with van der Waals surface area (Å²) in [6, 6.07) is 2.86. The van der Waals surface area contributed by atoms with Gasteiger partial charge in [-0.3, -0.25) is 9.69 Å². The summed E-state index contributed by atoms with van der Waals surface area (Å²) in [6.45, 7) is 1.47. The maximum atomic E-state index is 13.4. The van der Waals surface area contributed by atoms with Gasteiger partial charge in [0.25, 0.3) is 0 Å². The molecule has 1 aromatic carbocycles. The van der Waals surface area contributed by atoms with Gasteiger partial charge in [-0.1, -0.05) is 6.07 Å². The summed E-state index contributed by atoms with van der Waals surface area (Å²) in [6.07, 6.45) is 0. The fourth-order valence-corrected chi connectivity index (χ4v) is 1.43. The SMILES string of the molecule is CC(c1ccc(F)cc1F)N(C)CC(=O)O. The molecule has 0 bridgehead atoms. The molecule has 0 aliphatic heterocycles. The molecule has 0 aromatic heterocycles. The van der Waals surface area contributed by atoms with Crippen molar-refractivity contribution in [1.29, 1.82) is 0 Å². The predicted molar refractivity (Wildman–Crippen MR) is 55.0 cm³/mol. The molecule has 0 aliphatic rings. The van der Waals surface area contributed by atoms with Crippen molar-refractivity contribution in [3.05, 3.63) is 35.4 Å². The highest BCUT2D eigenvalue weighted by Crippen LogP contribution is 2.22. The molecule has 0 heterocycles. The zero-order chi connectivity index (χ0) is 12.3. The molecule has 0 amide bonds. The molecule has 1 aromatic rings. The van der Waals surface area contributed by atoms with E-state index in [1.54, 1.807) is 14.0 Å². The quantitative estimate of drug-likeness (QED) is 0.858. The van der Waals surface area contributed by atoms with Crippen LogP contribution in [0.1, 0.15) is 18.5 Å². The molecule has 0 fully saturated rings. The lowest BCUT2D eigenvalue weighted by Gasteiger charge is -2.23. The number of hydrogen-bond donors (Lipinski definition) is 1. The standard InChI is InChI=1S/C11H13F2NO2/c1-7(14(2)6-11(15)16)9-4-3-8(12)5-10(9)13/h3-5,7H,6H2,1-2H3,(H,15,16). The van der Waals surface area contributed by atoms with Crippen molar-refractivity contribution in [2.75, 3.05) is 13.6 Å². The highest BCUT2D eigenvalue weighted by molar-refractivity contribution is 5.69. The number of carboxylic acid groups (broad SMARTS) is 1. The van der Waals surface area contributed by atoms with Crippen LogP contribution in [0.4, 0.5) is 8.78 Å². The van der Waals surface area contributed by atoms with Crippen LogP contribution in [0.3, 0.4) is 0 Å². The largest absolute Gasteiger partial charge is 0.480 e. The van der Waals surface area contributed by atoms with Crippen LogP contribution in [0, 0.1) is 11.6 Å². The summed E-state index contributed by atoms with van der Waals surface area (Å²) >= 11 is 0. The number of aliphatic carboxylic acids is 1. The van der Waals surface area contributed by atoms with Crippen molar-refractivity contribution in [3.8, 4) is 0 Å². The van der Waals surface area contributed by atoms with Gasteiger partial charge in [0.15, 0.2) is 0 Å². The van der Waals surface area contributed by atoms with E-state index < -0.39 is 23.6 Å². The minimum Gasteiger partial charge on any atom is -0.480 e. The monoisotopic (exact) mass is 229 g/mol. The molecule has 1 atom stereocenters. The highest BCUT2D eigenvalue weighted by atomic mass is 19.1. The smallest absolute Gasteiger partial charge is 0.317 e. The van der Waals surface area contributed by atoms with Crippen molar-refractivity contribution in [1.82, 2.24) is 4.90 Å². The molecule has 0 spiro atoms. The topological polar surface area (TPSA) is 40.5 Å².